The Bertz CT molecular complexity index is 1500. The summed E-state index contributed by atoms with van der Waals surface area (Å²) >= 11 is 1.60. The molecule has 0 unspecified atom stereocenters. The van der Waals surface area contributed by atoms with Crippen LogP contribution in [0.1, 0.15) is 67.1 Å². The van der Waals surface area contributed by atoms with E-state index in [1.54, 1.807) is 22.7 Å². The fourth-order valence-corrected chi connectivity index (χ4v) is 6.17. The predicted octanol–water partition coefficient (Wildman–Crippen LogP) is 7.13. The number of likely N-dealkylation sites (tertiary alicyclic amines) is 1. The average Bonchev–Trinajstić information content (AvgIpc) is 3.05. The number of amides is 2. The van der Waals surface area contributed by atoms with Gasteiger partial charge in [0, 0.05) is 18.7 Å². The molecule has 0 radical (unpaired) electrons. The van der Waals surface area contributed by atoms with E-state index in [1.165, 1.54) is 7.11 Å². The summed E-state index contributed by atoms with van der Waals surface area (Å²) in [6.45, 7) is 8.95. The summed E-state index contributed by atoms with van der Waals surface area (Å²) in [4.78, 5) is 40.7. The van der Waals surface area contributed by atoms with Crippen molar-refractivity contribution < 1.29 is 28.6 Å². The van der Waals surface area contributed by atoms with Gasteiger partial charge in [-0.1, -0.05) is 60.7 Å². The molecule has 2 amide bonds. The molecular formula is C37H46N2O6S. The number of nitrogens with one attached hydrogen (secondary N) is 1. The number of carbonyl (C=O) groups excluding carboxylic acids is 3. The van der Waals surface area contributed by atoms with Gasteiger partial charge in [0.05, 0.1) is 19.3 Å². The zero-order chi connectivity index (χ0) is 33.3. The molecule has 0 spiro atoms. The SMILES string of the molecule is COC(=O)[C@H](CCSC)NC(=O)c1ccc(COC2(c3ccccc3)CCN(C(=O)OC(C)(C)C)CC2)cc1-c1ccccc1C. The number of hydrogen-bond donors (Lipinski definition) is 1. The summed E-state index contributed by atoms with van der Waals surface area (Å²) in [5.41, 5.74) is 4.00. The third-order valence-corrected chi connectivity index (χ3v) is 8.85. The first-order valence-corrected chi connectivity index (χ1v) is 17.1. The van der Waals surface area contributed by atoms with E-state index in [1.807, 2.05) is 88.5 Å². The minimum Gasteiger partial charge on any atom is -0.467 e. The number of hydrogen-bond acceptors (Lipinski definition) is 7. The Labute approximate surface area is 277 Å². The minimum atomic E-state index is -0.741. The lowest BCUT2D eigenvalue weighted by Crippen LogP contribution is -2.47. The molecule has 9 heteroatoms. The number of piperidine rings is 1. The van der Waals surface area contributed by atoms with Crippen LogP contribution in [-0.2, 0) is 31.2 Å². The fraction of sp³-hybridized carbons (Fsp3) is 0.432. The monoisotopic (exact) mass is 646 g/mol. The maximum atomic E-state index is 13.7. The summed E-state index contributed by atoms with van der Waals surface area (Å²) in [6.07, 6.45) is 3.35. The number of rotatable bonds is 11. The van der Waals surface area contributed by atoms with E-state index in [0.29, 0.717) is 50.3 Å². The first-order valence-electron chi connectivity index (χ1n) is 15.7. The van der Waals surface area contributed by atoms with Gasteiger partial charge in [0.15, 0.2) is 0 Å². The van der Waals surface area contributed by atoms with Crippen molar-refractivity contribution in [3.05, 3.63) is 95.1 Å². The first kappa shape index (κ1) is 35.0. The number of aryl methyl sites for hydroxylation is 1. The molecule has 46 heavy (non-hydrogen) atoms. The second-order valence-electron chi connectivity index (χ2n) is 12.6. The summed E-state index contributed by atoms with van der Waals surface area (Å²) in [6, 6.07) is 23.0. The van der Waals surface area contributed by atoms with Crippen molar-refractivity contribution in [3.8, 4) is 11.1 Å². The van der Waals surface area contributed by atoms with Gasteiger partial charge in [-0.2, -0.15) is 11.8 Å². The van der Waals surface area contributed by atoms with E-state index in [9.17, 15) is 14.4 Å². The summed E-state index contributed by atoms with van der Waals surface area (Å²) < 4.78 is 17.4. The van der Waals surface area contributed by atoms with Gasteiger partial charge in [-0.15, -0.1) is 0 Å². The number of esters is 1. The molecule has 1 aliphatic rings. The molecule has 0 aromatic heterocycles. The van der Waals surface area contributed by atoms with Gasteiger partial charge in [0.25, 0.3) is 5.91 Å². The van der Waals surface area contributed by atoms with Crippen molar-refractivity contribution in [2.75, 3.05) is 32.2 Å². The molecule has 0 bridgehead atoms. The van der Waals surface area contributed by atoms with E-state index in [2.05, 4.69) is 17.4 Å². The van der Waals surface area contributed by atoms with E-state index >= 15 is 0 Å². The largest absolute Gasteiger partial charge is 0.467 e. The van der Waals surface area contributed by atoms with Crippen LogP contribution in [-0.4, -0.2) is 66.7 Å². The van der Waals surface area contributed by atoms with Gasteiger partial charge in [-0.3, -0.25) is 4.79 Å². The highest BCUT2D eigenvalue weighted by atomic mass is 32.2. The quantitative estimate of drug-likeness (QED) is 0.222. The maximum absolute atomic E-state index is 13.7. The standard InChI is InChI=1S/C37H46N2O6S/c1-26-12-10-11-15-29(26)31-24-27(16-17-30(31)33(40)38-32(18-23-46-6)34(41)43-5)25-44-37(28-13-8-7-9-14-28)19-21-39(22-20-37)35(42)45-36(2,3)4/h7-17,24,32H,18-23,25H2,1-6H3,(H,38,40)/t32-/m0/s1. The van der Waals surface area contributed by atoms with E-state index < -0.39 is 23.2 Å². The molecule has 246 valence electrons. The molecule has 3 aromatic rings. The van der Waals surface area contributed by atoms with E-state index in [0.717, 1.165) is 27.8 Å². The average molecular weight is 647 g/mol. The zero-order valence-corrected chi connectivity index (χ0v) is 28.6. The summed E-state index contributed by atoms with van der Waals surface area (Å²) in [5.74, 6) is -0.0917. The highest BCUT2D eigenvalue weighted by Gasteiger charge is 2.39. The zero-order valence-electron chi connectivity index (χ0n) is 27.8. The normalized spacial score (nSPS) is 15.1. The predicted molar refractivity (Wildman–Crippen MR) is 183 cm³/mol. The lowest BCUT2D eigenvalue weighted by Gasteiger charge is -2.42. The highest BCUT2D eigenvalue weighted by Crippen LogP contribution is 2.38. The van der Waals surface area contributed by atoms with E-state index in [4.69, 9.17) is 14.2 Å². The second kappa shape index (κ2) is 15.6. The van der Waals surface area contributed by atoms with Crippen LogP contribution in [0.3, 0.4) is 0 Å². The molecule has 8 nitrogen and oxygen atoms in total. The minimum absolute atomic E-state index is 0.306. The van der Waals surface area contributed by atoms with Gasteiger partial charge in [0.2, 0.25) is 0 Å². The Morgan fingerprint density at radius 1 is 0.957 bits per heavy atom. The van der Waals surface area contributed by atoms with Gasteiger partial charge < -0.3 is 24.4 Å². The van der Waals surface area contributed by atoms with Crippen LogP contribution in [0.25, 0.3) is 11.1 Å². The van der Waals surface area contributed by atoms with Crippen LogP contribution in [0.2, 0.25) is 0 Å². The Hall–Kier alpha value is -3.82. The Kier molecular flexibility index (Phi) is 11.9. The third-order valence-electron chi connectivity index (χ3n) is 8.20. The number of methoxy groups -OCH3 is 1. The number of thioether (sulfide) groups is 1. The summed E-state index contributed by atoms with van der Waals surface area (Å²) in [7, 11) is 1.33. The number of nitrogens with zero attached hydrogens (tertiary/aromatic N) is 1. The molecule has 1 atom stereocenters. The van der Waals surface area contributed by atoms with Crippen LogP contribution in [0.4, 0.5) is 4.79 Å². The Balaban J connectivity index is 1.61. The van der Waals surface area contributed by atoms with Crippen molar-refractivity contribution in [1.82, 2.24) is 10.2 Å². The lowest BCUT2D eigenvalue weighted by atomic mass is 9.84. The first-order chi connectivity index (χ1) is 22.0. The van der Waals surface area contributed by atoms with Crippen LogP contribution >= 0.6 is 11.8 Å². The van der Waals surface area contributed by atoms with E-state index in [-0.39, 0.29) is 12.0 Å². The molecule has 0 aliphatic carbocycles. The van der Waals surface area contributed by atoms with Crippen molar-refractivity contribution in [1.29, 1.82) is 0 Å². The molecule has 0 saturated carbocycles. The number of benzene rings is 3. The molecule has 1 saturated heterocycles. The van der Waals surface area contributed by atoms with Crippen LogP contribution < -0.4 is 5.32 Å². The highest BCUT2D eigenvalue weighted by molar-refractivity contribution is 7.98. The fourth-order valence-electron chi connectivity index (χ4n) is 5.70. The van der Waals surface area contributed by atoms with Crippen molar-refractivity contribution >= 4 is 29.7 Å². The van der Waals surface area contributed by atoms with Gasteiger partial charge in [-0.05, 0) is 98.9 Å². The summed E-state index contributed by atoms with van der Waals surface area (Å²) in [5, 5.41) is 2.91. The molecular weight excluding hydrogens is 600 g/mol. The lowest BCUT2D eigenvalue weighted by molar-refractivity contribution is -0.142. The second-order valence-corrected chi connectivity index (χ2v) is 13.6. The van der Waals surface area contributed by atoms with Gasteiger partial charge in [-0.25, -0.2) is 9.59 Å². The smallest absolute Gasteiger partial charge is 0.410 e. The number of ether oxygens (including phenoxy) is 3. The number of carbonyl (C=O) groups is 3. The molecule has 3 aromatic carbocycles. The molecule has 1 fully saturated rings. The van der Waals surface area contributed by atoms with Crippen molar-refractivity contribution in [2.45, 2.75) is 70.8 Å². The molecule has 1 heterocycles. The van der Waals surface area contributed by atoms with Crippen LogP contribution in [0.5, 0.6) is 0 Å². The molecule has 1 aliphatic heterocycles. The van der Waals surface area contributed by atoms with Crippen LogP contribution in [0, 0.1) is 6.92 Å². The Morgan fingerprint density at radius 3 is 2.26 bits per heavy atom. The van der Waals surface area contributed by atoms with Gasteiger partial charge in [0.1, 0.15) is 11.6 Å². The molecule has 4 rings (SSSR count). The third kappa shape index (κ3) is 8.91. The van der Waals surface area contributed by atoms with Gasteiger partial charge >= 0.3 is 12.1 Å². The maximum Gasteiger partial charge on any atom is 0.410 e. The van der Waals surface area contributed by atoms with Crippen molar-refractivity contribution in [3.63, 3.8) is 0 Å². The molecule has 1 N–H and O–H groups in total. The van der Waals surface area contributed by atoms with Crippen molar-refractivity contribution in [2.24, 2.45) is 0 Å². The topological polar surface area (TPSA) is 94.2 Å². The van der Waals surface area contributed by atoms with Crippen LogP contribution in [0.15, 0.2) is 72.8 Å². The Morgan fingerprint density at radius 2 is 1.63 bits per heavy atom.